The lowest BCUT2D eigenvalue weighted by Crippen LogP contribution is -2.32. The maximum atomic E-state index is 14.2. The van der Waals surface area contributed by atoms with E-state index in [0.717, 1.165) is 36.0 Å². The van der Waals surface area contributed by atoms with Crippen molar-refractivity contribution in [3.8, 4) is 22.6 Å². The summed E-state index contributed by atoms with van der Waals surface area (Å²) in [6.45, 7) is -0.146. The highest BCUT2D eigenvalue weighted by atomic mass is 19.4. The quantitative estimate of drug-likeness (QED) is 0.294. The summed E-state index contributed by atoms with van der Waals surface area (Å²) in [5.74, 6) is -3.67. The Balaban J connectivity index is 1.30. The number of imidazole rings is 1. The molecule has 0 radical (unpaired) electrons. The molecule has 0 saturated heterocycles. The second-order valence-corrected chi connectivity index (χ2v) is 9.33. The number of aromatic nitrogens is 3. The van der Waals surface area contributed by atoms with Crippen molar-refractivity contribution in [2.45, 2.75) is 37.5 Å². The van der Waals surface area contributed by atoms with Crippen molar-refractivity contribution >= 4 is 12.2 Å². The lowest BCUT2D eigenvalue weighted by molar-refractivity contribution is -0.144. The maximum Gasteiger partial charge on any atom is 0.417 e. The topological polar surface area (TPSA) is 108 Å². The number of nitrogens with one attached hydrogen (secondary N) is 1. The molecule has 39 heavy (non-hydrogen) atoms. The van der Waals surface area contributed by atoms with Crippen LogP contribution < -0.4 is 0 Å². The number of carboxylic acid groups (broad SMARTS) is 1. The van der Waals surface area contributed by atoms with Crippen LogP contribution in [0.3, 0.4) is 0 Å². The van der Waals surface area contributed by atoms with Crippen molar-refractivity contribution in [3.63, 3.8) is 0 Å². The third kappa shape index (κ3) is 4.53. The molecule has 0 amide bonds. The standard InChI is InChI=1S/C26H18F5N5O3/c27-17-3-1-2-15(22(17)28)24-33-19-10-32-36(11-20(19)34-24)23(25(37)38)21-9-18(35-39-21)14-7-6-13(12-4-5-12)8-16(14)26(29,30)31/h1-3,6-10,12,23H,4-5,11H2,(H,33,34)(H,37,38). The van der Waals surface area contributed by atoms with Crippen LogP contribution in [0, 0.1) is 11.6 Å². The highest BCUT2D eigenvalue weighted by molar-refractivity contribution is 5.82. The summed E-state index contributed by atoms with van der Waals surface area (Å²) in [6.07, 6.45) is -1.75. The number of hydrogen-bond acceptors (Lipinski definition) is 6. The zero-order valence-electron chi connectivity index (χ0n) is 19.8. The van der Waals surface area contributed by atoms with E-state index in [0.29, 0.717) is 11.3 Å². The van der Waals surface area contributed by atoms with Gasteiger partial charge in [-0.05, 0) is 42.5 Å². The fraction of sp³-hybridized carbons (Fsp3) is 0.231. The number of fused-ring (bicyclic) bond motifs is 1. The fourth-order valence-electron chi connectivity index (χ4n) is 4.59. The van der Waals surface area contributed by atoms with Crippen LogP contribution in [0.15, 0.2) is 52.1 Å². The first kappa shape index (κ1) is 24.8. The van der Waals surface area contributed by atoms with Crippen LogP contribution in [-0.4, -0.2) is 37.4 Å². The Morgan fingerprint density at radius 2 is 1.92 bits per heavy atom. The highest BCUT2D eigenvalue weighted by Crippen LogP contribution is 2.45. The number of rotatable bonds is 6. The Labute approximate surface area is 216 Å². The van der Waals surface area contributed by atoms with Gasteiger partial charge in [0.05, 0.1) is 29.6 Å². The monoisotopic (exact) mass is 543 g/mol. The first-order valence-electron chi connectivity index (χ1n) is 11.8. The Morgan fingerprint density at radius 1 is 1.13 bits per heavy atom. The van der Waals surface area contributed by atoms with Crippen molar-refractivity contribution in [3.05, 3.63) is 82.4 Å². The van der Waals surface area contributed by atoms with Crippen LogP contribution in [0.1, 0.15) is 53.1 Å². The third-order valence-corrected chi connectivity index (χ3v) is 6.67. The number of H-pyrrole nitrogens is 1. The van der Waals surface area contributed by atoms with E-state index in [1.165, 1.54) is 24.4 Å². The summed E-state index contributed by atoms with van der Waals surface area (Å²) in [5.41, 5.74) is -0.152. The van der Waals surface area contributed by atoms with E-state index in [1.807, 2.05) is 0 Å². The van der Waals surface area contributed by atoms with Crippen LogP contribution in [-0.2, 0) is 17.5 Å². The van der Waals surface area contributed by atoms with Crippen LogP contribution in [0.4, 0.5) is 22.0 Å². The average Bonchev–Trinajstić information content (AvgIpc) is 3.48. The van der Waals surface area contributed by atoms with E-state index < -0.39 is 35.4 Å². The van der Waals surface area contributed by atoms with Gasteiger partial charge in [0, 0.05) is 11.6 Å². The molecule has 1 aliphatic carbocycles. The summed E-state index contributed by atoms with van der Waals surface area (Å²) in [5, 5.41) is 18.9. The van der Waals surface area contributed by atoms with Crippen LogP contribution >= 0.6 is 0 Å². The first-order valence-corrected chi connectivity index (χ1v) is 11.8. The zero-order valence-corrected chi connectivity index (χ0v) is 19.8. The summed E-state index contributed by atoms with van der Waals surface area (Å²) in [7, 11) is 0. The first-order chi connectivity index (χ1) is 18.6. The zero-order chi connectivity index (χ0) is 27.5. The number of alkyl halides is 3. The predicted octanol–water partition coefficient (Wildman–Crippen LogP) is 5.88. The van der Waals surface area contributed by atoms with Crippen molar-refractivity contribution in [1.82, 2.24) is 20.1 Å². The van der Waals surface area contributed by atoms with Gasteiger partial charge in [0.2, 0.25) is 6.04 Å². The molecular weight excluding hydrogens is 525 g/mol. The number of carbonyl (C=O) groups is 1. The number of halogens is 5. The largest absolute Gasteiger partial charge is 0.479 e. The summed E-state index contributed by atoms with van der Waals surface area (Å²) >= 11 is 0. The molecule has 1 atom stereocenters. The molecule has 13 heteroatoms. The van der Waals surface area contributed by atoms with E-state index in [4.69, 9.17) is 4.52 Å². The Kier molecular flexibility index (Phi) is 5.74. The summed E-state index contributed by atoms with van der Waals surface area (Å²) < 4.78 is 74.7. The van der Waals surface area contributed by atoms with Crippen LogP contribution in [0.5, 0.6) is 0 Å². The Morgan fingerprint density at radius 3 is 2.64 bits per heavy atom. The van der Waals surface area contributed by atoms with Gasteiger partial charge in [-0.25, -0.2) is 18.6 Å². The van der Waals surface area contributed by atoms with Gasteiger partial charge in [-0.15, -0.1) is 0 Å². The number of hydrogen-bond donors (Lipinski definition) is 2. The minimum Gasteiger partial charge on any atom is -0.479 e. The van der Waals surface area contributed by atoms with E-state index in [2.05, 4.69) is 20.2 Å². The van der Waals surface area contributed by atoms with Crippen LogP contribution in [0.25, 0.3) is 22.6 Å². The molecule has 2 aromatic heterocycles. The van der Waals surface area contributed by atoms with E-state index >= 15 is 0 Å². The summed E-state index contributed by atoms with van der Waals surface area (Å²) in [6, 6.07) is 7.24. The third-order valence-electron chi connectivity index (χ3n) is 6.67. The number of aromatic amines is 1. The molecule has 1 saturated carbocycles. The highest BCUT2D eigenvalue weighted by Gasteiger charge is 2.38. The van der Waals surface area contributed by atoms with Crippen molar-refractivity contribution < 1.29 is 36.4 Å². The molecule has 0 spiro atoms. The van der Waals surface area contributed by atoms with E-state index in [-0.39, 0.29) is 46.6 Å². The minimum absolute atomic E-state index is 0.0217. The van der Waals surface area contributed by atoms with Crippen molar-refractivity contribution in [2.75, 3.05) is 0 Å². The number of aliphatic carboxylic acids is 1. The molecule has 2 N–H and O–H groups in total. The fourth-order valence-corrected chi connectivity index (χ4v) is 4.59. The molecule has 1 fully saturated rings. The molecule has 8 nitrogen and oxygen atoms in total. The number of benzene rings is 2. The van der Waals surface area contributed by atoms with Gasteiger partial charge in [0.25, 0.3) is 0 Å². The smallest absolute Gasteiger partial charge is 0.417 e. The number of nitrogens with zero attached hydrogens (tertiary/aromatic N) is 4. The number of carboxylic acids is 1. The second kappa shape index (κ2) is 9.03. The van der Waals surface area contributed by atoms with Gasteiger partial charge in [-0.2, -0.15) is 18.3 Å². The molecule has 2 aromatic carbocycles. The molecule has 0 bridgehead atoms. The molecule has 200 valence electrons. The van der Waals surface area contributed by atoms with Gasteiger partial charge >= 0.3 is 12.1 Å². The minimum atomic E-state index is -4.65. The van der Waals surface area contributed by atoms with Gasteiger partial charge in [-0.3, -0.25) is 5.01 Å². The van der Waals surface area contributed by atoms with E-state index in [1.54, 1.807) is 6.07 Å². The van der Waals surface area contributed by atoms with Gasteiger partial charge in [-0.1, -0.05) is 23.4 Å². The van der Waals surface area contributed by atoms with Crippen molar-refractivity contribution in [2.24, 2.45) is 5.10 Å². The van der Waals surface area contributed by atoms with Crippen LogP contribution in [0.2, 0.25) is 0 Å². The van der Waals surface area contributed by atoms with Gasteiger partial charge in [0.1, 0.15) is 17.2 Å². The van der Waals surface area contributed by atoms with Crippen molar-refractivity contribution in [1.29, 1.82) is 0 Å². The van der Waals surface area contributed by atoms with Gasteiger partial charge < -0.3 is 14.6 Å². The second-order valence-electron chi connectivity index (χ2n) is 9.33. The normalized spacial score (nSPS) is 15.9. The molecular formula is C26H18F5N5O3. The average molecular weight is 543 g/mol. The van der Waals surface area contributed by atoms with E-state index in [9.17, 15) is 31.9 Å². The predicted molar refractivity (Wildman–Crippen MR) is 126 cm³/mol. The molecule has 1 unspecified atom stereocenters. The lowest BCUT2D eigenvalue weighted by atomic mass is 9.98. The number of hydrazone groups is 1. The molecule has 4 aromatic rings. The Bertz CT molecular complexity index is 1620. The Hall–Kier alpha value is -4.55. The molecule has 6 rings (SSSR count). The maximum absolute atomic E-state index is 14.2. The molecule has 2 aliphatic rings. The van der Waals surface area contributed by atoms with Gasteiger partial charge in [0.15, 0.2) is 17.4 Å². The lowest BCUT2D eigenvalue weighted by Gasteiger charge is -2.25. The summed E-state index contributed by atoms with van der Waals surface area (Å²) in [4.78, 5) is 19.3. The molecule has 3 heterocycles. The molecule has 1 aliphatic heterocycles. The SMILES string of the molecule is O=C(O)C(c1cc(-c2ccc(C3CC3)cc2C(F)(F)F)no1)N1Cc2[nH]c(-c3cccc(F)c3F)nc2C=N1.